The van der Waals surface area contributed by atoms with Crippen LogP contribution in [0.4, 0.5) is 0 Å². The van der Waals surface area contributed by atoms with Gasteiger partial charge >= 0.3 is 0 Å². The van der Waals surface area contributed by atoms with E-state index in [1.165, 1.54) is 0 Å². The van der Waals surface area contributed by atoms with Gasteiger partial charge in [0.05, 0.1) is 12.1 Å². The number of carbonyl (C=O) groups is 1. The number of ether oxygens (including phenoxy) is 1. The highest BCUT2D eigenvalue weighted by molar-refractivity contribution is 5.81. The molecule has 1 amide bonds. The molecule has 1 aliphatic rings. The van der Waals surface area contributed by atoms with Crippen molar-refractivity contribution < 1.29 is 9.53 Å². The van der Waals surface area contributed by atoms with Gasteiger partial charge in [0.15, 0.2) is 0 Å². The van der Waals surface area contributed by atoms with Crippen molar-refractivity contribution in [3.05, 3.63) is 29.8 Å². The number of hydrogen-bond donors (Lipinski definition) is 1. The van der Waals surface area contributed by atoms with Crippen LogP contribution in [-0.2, 0) is 4.79 Å². The zero-order chi connectivity index (χ0) is 15.6. The van der Waals surface area contributed by atoms with Gasteiger partial charge in [0.2, 0.25) is 5.91 Å². The highest BCUT2D eigenvalue weighted by atomic mass is 16.5. The lowest BCUT2D eigenvalue weighted by Gasteiger charge is -2.31. The van der Waals surface area contributed by atoms with Crippen molar-refractivity contribution in [2.75, 3.05) is 13.1 Å². The van der Waals surface area contributed by atoms with Gasteiger partial charge in [-0.3, -0.25) is 10.1 Å². The van der Waals surface area contributed by atoms with Gasteiger partial charge in [-0.2, -0.15) is 0 Å². The normalized spacial score (nSPS) is 20.5. The van der Waals surface area contributed by atoms with Gasteiger partial charge in [-0.05, 0) is 40.7 Å². The molecule has 116 valence electrons. The minimum atomic E-state index is -0.360. The molecule has 1 N–H and O–H groups in total. The third kappa shape index (κ3) is 3.05. The molecule has 0 fully saturated rings. The first-order chi connectivity index (χ1) is 9.90. The molecular formula is C17H26N2O2. The van der Waals surface area contributed by atoms with Crippen LogP contribution >= 0.6 is 0 Å². The maximum Gasteiger partial charge on any atom is 0.239 e. The maximum absolute atomic E-state index is 12.4. The van der Waals surface area contributed by atoms with E-state index in [1.807, 2.05) is 43.9 Å². The summed E-state index contributed by atoms with van der Waals surface area (Å²) < 4.78 is 6.01. The molecule has 0 aromatic heterocycles. The van der Waals surface area contributed by atoms with Gasteiger partial charge in [-0.25, -0.2) is 0 Å². The number of carbonyl (C=O) groups excluding carboxylic acids is 1. The number of amides is 1. The Labute approximate surface area is 127 Å². The first-order valence-electron chi connectivity index (χ1n) is 7.73. The van der Waals surface area contributed by atoms with Crippen LogP contribution < -0.4 is 10.1 Å². The van der Waals surface area contributed by atoms with Gasteiger partial charge < -0.3 is 9.64 Å². The standard InChI is InChI=1S/C17H26N2O2/c1-6-19(7-2)16(20)12(3)18-15-13-10-8-9-11-14(13)21-17(15,4)5/h8-12,15,18H,6-7H2,1-5H3. The average molecular weight is 290 g/mol. The summed E-state index contributed by atoms with van der Waals surface area (Å²) in [6.07, 6.45) is 0. The van der Waals surface area contributed by atoms with Crippen molar-refractivity contribution in [1.82, 2.24) is 10.2 Å². The Morgan fingerprint density at radius 1 is 1.33 bits per heavy atom. The first kappa shape index (κ1) is 15.8. The highest BCUT2D eigenvalue weighted by Crippen LogP contribution is 2.42. The topological polar surface area (TPSA) is 41.6 Å². The molecule has 0 aliphatic carbocycles. The Hall–Kier alpha value is -1.55. The van der Waals surface area contributed by atoms with Crippen LogP contribution in [0, 0.1) is 0 Å². The third-order valence-corrected chi connectivity index (χ3v) is 4.16. The first-order valence-corrected chi connectivity index (χ1v) is 7.73. The molecule has 1 aromatic carbocycles. The van der Waals surface area contributed by atoms with E-state index in [0.717, 1.165) is 24.4 Å². The molecule has 21 heavy (non-hydrogen) atoms. The summed E-state index contributed by atoms with van der Waals surface area (Å²) in [6, 6.07) is 7.82. The summed E-state index contributed by atoms with van der Waals surface area (Å²) in [5.41, 5.74) is 0.767. The molecule has 1 aromatic rings. The number of fused-ring (bicyclic) bond motifs is 1. The molecular weight excluding hydrogens is 264 g/mol. The minimum absolute atomic E-state index is 0.0169. The fraction of sp³-hybridized carbons (Fsp3) is 0.588. The molecule has 2 unspecified atom stereocenters. The van der Waals surface area contributed by atoms with E-state index in [1.54, 1.807) is 0 Å². The van der Waals surface area contributed by atoms with Crippen LogP contribution in [0.2, 0.25) is 0 Å². The molecule has 0 saturated carbocycles. The summed E-state index contributed by atoms with van der Waals surface area (Å²) in [4.78, 5) is 14.3. The van der Waals surface area contributed by atoms with Crippen LogP contribution in [0.3, 0.4) is 0 Å². The SMILES string of the molecule is CCN(CC)C(=O)C(C)NC1c2ccccc2OC1(C)C. The van der Waals surface area contributed by atoms with Gasteiger partial charge in [-0.1, -0.05) is 18.2 Å². The summed E-state index contributed by atoms with van der Waals surface area (Å²) in [5.74, 6) is 1.04. The number of nitrogens with one attached hydrogen (secondary N) is 1. The maximum atomic E-state index is 12.4. The second-order valence-corrected chi connectivity index (χ2v) is 6.08. The molecule has 0 bridgehead atoms. The zero-order valence-corrected chi connectivity index (χ0v) is 13.6. The van der Waals surface area contributed by atoms with Crippen molar-refractivity contribution in [3.8, 4) is 5.75 Å². The average Bonchev–Trinajstić information content (AvgIpc) is 2.70. The van der Waals surface area contributed by atoms with Crippen LogP contribution in [0.15, 0.2) is 24.3 Å². The van der Waals surface area contributed by atoms with E-state index in [-0.39, 0.29) is 23.6 Å². The number of hydrogen-bond acceptors (Lipinski definition) is 3. The zero-order valence-electron chi connectivity index (χ0n) is 13.6. The van der Waals surface area contributed by atoms with E-state index in [0.29, 0.717) is 0 Å². The predicted molar refractivity (Wildman–Crippen MR) is 84.4 cm³/mol. The number of benzene rings is 1. The van der Waals surface area contributed by atoms with E-state index in [4.69, 9.17) is 4.74 Å². The Balaban J connectivity index is 2.16. The van der Waals surface area contributed by atoms with E-state index in [2.05, 4.69) is 25.2 Å². The lowest BCUT2D eigenvalue weighted by molar-refractivity contribution is -0.133. The molecule has 4 nitrogen and oxygen atoms in total. The number of likely N-dealkylation sites (N-methyl/N-ethyl adjacent to an activating group) is 1. The molecule has 0 radical (unpaired) electrons. The van der Waals surface area contributed by atoms with Crippen LogP contribution in [0.25, 0.3) is 0 Å². The molecule has 2 rings (SSSR count). The fourth-order valence-electron chi connectivity index (χ4n) is 2.95. The van der Waals surface area contributed by atoms with Gasteiger partial charge in [-0.15, -0.1) is 0 Å². The monoisotopic (exact) mass is 290 g/mol. The highest BCUT2D eigenvalue weighted by Gasteiger charge is 2.42. The second-order valence-electron chi connectivity index (χ2n) is 6.08. The summed E-state index contributed by atoms with van der Waals surface area (Å²) in [6.45, 7) is 11.5. The van der Waals surface area contributed by atoms with Gasteiger partial charge in [0, 0.05) is 18.7 Å². The van der Waals surface area contributed by atoms with E-state index < -0.39 is 0 Å². The van der Waals surface area contributed by atoms with Crippen molar-refractivity contribution in [2.45, 2.75) is 52.3 Å². The second kappa shape index (κ2) is 6.06. The Morgan fingerprint density at radius 2 is 1.95 bits per heavy atom. The number of para-hydroxylation sites is 1. The summed E-state index contributed by atoms with van der Waals surface area (Å²) in [5, 5.41) is 3.46. The van der Waals surface area contributed by atoms with E-state index in [9.17, 15) is 4.79 Å². The van der Waals surface area contributed by atoms with Crippen molar-refractivity contribution in [1.29, 1.82) is 0 Å². The summed E-state index contributed by atoms with van der Waals surface area (Å²) >= 11 is 0. The molecule has 0 saturated heterocycles. The largest absolute Gasteiger partial charge is 0.486 e. The fourth-order valence-corrected chi connectivity index (χ4v) is 2.95. The van der Waals surface area contributed by atoms with Crippen molar-refractivity contribution in [3.63, 3.8) is 0 Å². The van der Waals surface area contributed by atoms with Crippen LogP contribution in [0.5, 0.6) is 5.75 Å². The van der Waals surface area contributed by atoms with Crippen molar-refractivity contribution in [2.24, 2.45) is 0 Å². The molecule has 2 atom stereocenters. The Kier molecular flexibility index (Phi) is 4.57. The molecule has 1 heterocycles. The lowest BCUT2D eigenvalue weighted by atomic mass is 9.93. The van der Waals surface area contributed by atoms with Crippen LogP contribution in [-0.4, -0.2) is 35.5 Å². The lowest BCUT2D eigenvalue weighted by Crippen LogP contribution is -2.50. The molecule has 1 aliphatic heterocycles. The Morgan fingerprint density at radius 3 is 2.57 bits per heavy atom. The summed E-state index contributed by atoms with van der Waals surface area (Å²) in [7, 11) is 0. The minimum Gasteiger partial charge on any atom is -0.486 e. The predicted octanol–water partition coefficient (Wildman–Crippen LogP) is 2.75. The smallest absolute Gasteiger partial charge is 0.239 e. The third-order valence-electron chi connectivity index (χ3n) is 4.16. The molecule has 4 heteroatoms. The van der Waals surface area contributed by atoms with E-state index >= 15 is 0 Å². The van der Waals surface area contributed by atoms with Gasteiger partial charge in [0.1, 0.15) is 11.4 Å². The molecule has 0 spiro atoms. The van der Waals surface area contributed by atoms with Gasteiger partial charge in [0.25, 0.3) is 0 Å². The number of rotatable bonds is 5. The van der Waals surface area contributed by atoms with Crippen LogP contribution in [0.1, 0.15) is 46.2 Å². The van der Waals surface area contributed by atoms with Crippen molar-refractivity contribution >= 4 is 5.91 Å². The Bertz CT molecular complexity index is 509. The quantitative estimate of drug-likeness (QED) is 0.906. The number of nitrogens with zero attached hydrogens (tertiary/aromatic N) is 1.